The highest BCUT2D eigenvalue weighted by Gasteiger charge is 2.12. The second-order valence-corrected chi connectivity index (χ2v) is 6.51. The van der Waals surface area contributed by atoms with Crippen LogP contribution in [0.3, 0.4) is 0 Å². The number of benzene rings is 1. The van der Waals surface area contributed by atoms with E-state index < -0.39 is 0 Å². The first-order valence-corrected chi connectivity index (χ1v) is 8.60. The lowest BCUT2D eigenvalue weighted by atomic mass is 10.0. The van der Waals surface area contributed by atoms with E-state index in [0.29, 0.717) is 5.92 Å². The molecule has 19 heavy (non-hydrogen) atoms. The zero-order valence-electron chi connectivity index (χ0n) is 11.5. The fourth-order valence-corrected chi connectivity index (χ4v) is 3.09. The van der Waals surface area contributed by atoms with E-state index in [1.807, 2.05) is 25.1 Å². The van der Waals surface area contributed by atoms with Crippen LogP contribution in [-0.2, 0) is 0 Å². The molecule has 0 radical (unpaired) electrons. The number of carbonyl (C=O) groups excluding carboxylic acids is 1. The maximum Gasteiger partial charge on any atom is 0.251 e. The summed E-state index contributed by atoms with van der Waals surface area (Å²) < 4.78 is 0.939. The van der Waals surface area contributed by atoms with Crippen LogP contribution in [0.2, 0.25) is 0 Å². The Morgan fingerprint density at radius 2 is 2.11 bits per heavy atom. The minimum atomic E-state index is 0.0227. The van der Waals surface area contributed by atoms with Crippen LogP contribution in [0.25, 0.3) is 0 Å². The van der Waals surface area contributed by atoms with Crippen molar-refractivity contribution in [2.24, 2.45) is 5.92 Å². The molecule has 0 saturated carbocycles. The van der Waals surface area contributed by atoms with Gasteiger partial charge in [-0.1, -0.05) is 51.3 Å². The van der Waals surface area contributed by atoms with E-state index in [1.54, 1.807) is 0 Å². The summed E-state index contributed by atoms with van der Waals surface area (Å²) in [6, 6.07) is 5.79. The maximum atomic E-state index is 12.2. The first kappa shape index (κ1) is 16.7. The summed E-state index contributed by atoms with van der Waals surface area (Å²) in [5, 5.41) is 4.05. The molecule has 0 spiro atoms. The SMILES string of the molecule is CCCC(CCBr)CNC(=O)c1cc(Br)ccc1C. The minimum absolute atomic E-state index is 0.0227. The molecule has 0 saturated heterocycles. The van der Waals surface area contributed by atoms with Gasteiger partial charge in [0.2, 0.25) is 0 Å². The molecule has 1 unspecified atom stereocenters. The van der Waals surface area contributed by atoms with Crippen molar-refractivity contribution in [1.29, 1.82) is 0 Å². The lowest BCUT2D eigenvalue weighted by molar-refractivity contribution is 0.0945. The molecule has 1 aromatic rings. The average molecular weight is 391 g/mol. The second kappa shape index (κ2) is 8.75. The summed E-state index contributed by atoms with van der Waals surface area (Å²) in [4.78, 5) is 12.2. The van der Waals surface area contributed by atoms with Gasteiger partial charge in [-0.3, -0.25) is 4.79 Å². The summed E-state index contributed by atoms with van der Waals surface area (Å²) in [5.74, 6) is 0.579. The number of rotatable bonds is 7. The third kappa shape index (κ3) is 5.65. The molecular formula is C15H21Br2NO. The van der Waals surface area contributed by atoms with E-state index in [2.05, 4.69) is 44.1 Å². The standard InChI is InChI=1S/C15H21Br2NO/c1-3-4-12(7-8-16)10-18-15(19)14-9-13(17)6-5-11(14)2/h5-6,9,12H,3-4,7-8,10H2,1-2H3,(H,18,19). The van der Waals surface area contributed by atoms with Gasteiger partial charge in [0, 0.05) is 21.9 Å². The van der Waals surface area contributed by atoms with Crippen LogP contribution in [0.1, 0.15) is 42.1 Å². The largest absolute Gasteiger partial charge is 0.352 e. The predicted octanol–water partition coefficient (Wildman–Crippen LogP) is 4.69. The van der Waals surface area contributed by atoms with Gasteiger partial charge in [0.05, 0.1) is 0 Å². The summed E-state index contributed by atoms with van der Waals surface area (Å²) in [5.41, 5.74) is 1.76. The van der Waals surface area contributed by atoms with E-state index in [1.165, 1.54) is 0 Å². The molecule has 0 bridgehead atoms. The Labute approximate surface area is 132 Å². The summed E-state index contributed by atoms with van der Waals surface area (Å²) in [6.45, 7) is 4.90. The Hall–Kier alpha value is -0.350. The molecule has 1 aromatic carbocycles. The Morgan fingerprint density at radius 1 is 1.37 bits per heavy atom. The fraction of sp³-hybridized carbons (Fsp3) is 0.533. The quantitative estimate of drug-likeness (QED) is 0.672. The van der Waals surface area contributed by atoms with Crippen LogP contribution >= 0.6 is 31.9 Å². The zero-order valence-corrected chi connectivity index (χ0v) is 14.7. The highest BCUT2D eigenvalue weighted by Crippen LogP contribution is 2.17. The van der Waals surface area contributed by atoms with Crippen LogP contribution < -0.4 is 5.32 Å². The highest BCUT2D eigenvalue weighted by molar-refractivity contribution is 9.10. The lowest BCUT2D eigenvalue weighted by Crippen LogP contribution is -2.30. The van der Waals surface area contributed by atoms with Gasteiger partial charge in [0.1, 0.15) is 0 Å². The number of carbonyl (C=O) groups is 1. The molecule has 0 aliphatic carbocycles. The van der Waals surface area contributed by atoms with Crippen molar-refractivity contribution in [2.75, 3.05) is 11.9 Å². The van der Waals surface area contributed by atoms with Crippen LogP contribution in [0, 0.1) is 12.8 Å². The van der Waals surface area contributed by atoms with E-state index in [9.17, 15) is 4.79 Å². The summed E-state index contributed by atoms with van der Waals surface area (Å²) >= 11 is 6.88. The highest BCUT2D eigenvalue weighted by atomic mass is 79.9. The van der Waals surface area contributed by atoms with Gasteiger partial charge in [-0.05, 0) is 43.4 Å². The molecule has 0 aromatic heterocycles. The monoisotopic (exact) mass is 389 g/mol. The minimum Gasteiger partial charge on any atom is -0.352 e. The topological polar surface area (TPSA) is 29.1 Å². The first-order valence-electron chi connectivity index (χ1n) is 6.68. The van der Waals surface area contributed by atoms with Crippen LogP contribution in [0.15, 0.2) is 22.7 Å². The van der Waals surface area contributed by atoms with Crippen molar-refractivity contribution in [2.45, 2.75) is 33.1 Å². The molecule has 0 aliphatic rings. The molecule has 1 N–H and O–H groups in total. The second-order valence-electron chi connectivity index (χ2n) is 4.80. The number of aryl methyl sites for hydroxylation is 1. The molecule has 106 valence electrons. The first-order chi connectivity index (χ1) is 9.08. The lowest BCUT2D eigenvalue weighted by Gasteiger charge is -2.16. The molecule has 0 fully saturated rings. The number of nitrogens with one attached hydrogen (secondary N) is 1. The smallest absolute Gasteiger partial charge is 0.251 e. The van der Waals surface area contributed by atoms with Gasteiger partial charge in [-0.2, -0.15) is 0 Å². The molecule has 1 rings (SSSR count). The van der Waals surface area contributed by atoms with Crippen LogP contribution in [0.5, 0.6) is 0 Å². The van der Waals surface area contributed by atoms with Crippen molar-refractivity contribution in [3.05, 3.63) is 33.8 Å². The third-order valence-corrected chi connectivity index (χ3v) is 4.16. The van der Waals surface area contributed by atoms with Crippen molar-refractivity contribution in [1.82, 2.24) is 5.32 Å². The molecular weight excluding hydrogens is 370 g/mol. The van der Waals surface area contributed by atoms with Gasteiger partial charge in [-0.25, -0.2) is 0 Å². The van der Waals surface area contributed by atoms with E-state index in [4.69, 9.17) is 0 Å². The predicted molar refractivity (Wildman–Crippen MR) is 88.0 cm³/mol. The number of hydrogen-bond acceptors (Lipinski definition) is 1. The van der Waals surface area contributed by atoms with Gasteiger partial charge in [0.15, 0.2) is 0 Å². The molecule has 0 aliphatic heterocycles. The number of alkyl halides is 1. The van der Waals surface area contributed by atoms with Gasteiger partial charge >= 0.3 is 0 Å². The van der Waals surface area contributed by atoms with Crippen LogP contribution in [0.4, 0.5) is 0 Å². The summed E-state index contributed by atoms with van der Waals surface area (Å²) in [6.07, 6.45) is 3.42. The fourth-order valence-electron chi connectivity index (χ4n) is 2.08. The molecule has 1 amide bonds. The Bertz CT molecular complexity index is 415. The Morgan fingerprint density at radius 3 is 2.74 bits per heavy atom. The zero-order chi connectivity index (χ0) is 14.3. The van der Waals surface area contributed by atoms with Crippen molar-refractivity contribution in [3.63, 3.8) is 0 Å². The van der Waals surface area contributed by atoms with Crippen molar-refractivity contribution in [3.8, 4) is 0 Å². The van der Waals surface area contributed by atoms with Crippen molar-refractivity contribution >= 4 is 37.8 Å². The molecule has 0 heterocycles. The van der Waals surface area contributed by atoms with Gasteiger partial charge in [-0.15, -0.1) is 0 Å². The third-order valence-electron chi connectivity index (χ3n) is 3.21. The van der Waals surface area contributed by atoms with Gasteiger partial charge < -0.3 is 5.32 Å². The number of halogens is 2. The average Bonchev–Trinajstić information content (AvgIpc) is 2.39. The number of hydrogen-bond donors (Lipinski definition) is 1. The van der Waals surface area contributed by atoms with E-state index >= 15 is 0 Å². The molecule has 1 atom stereocenters. The van der Waals surface area contributed by atoms with E-state index in [-0.39, 0.29) is 5.91 Å². The Balaban J connectivity index is 2.61. The Kier molecular flexibility index (Phi) is 7.69. The normalized spacial score (nSPS) is 12.2. The molecule has 4 heteroatoms. The maximum absolute atomic E-state index is 12.2. The number of amides is 1. The summed E-state index contributed by atoms with van der Waals surface area (Å²) in [7, 11) is 0. The van der Waals surface area contributed by atoms with Crippen LogP contribution in [-0.4, -0.2) is 17.8 Å². The molecule has 2 nitrogen and oxygen atoms in total. The van der Waals surface area contributed by atoms with E-state index in [0.717, 1.165) is 46.7 Å². The van der Waals surface area contributed by atoms with Gasteiger partial charge in [0.25, 0.3) is 5.91 Å². The van der Waals surface area contributed by atoms with Crippen molar-refractivity contribution < 1.29 is 4.79 Å².